The summed E-state index contributed by atoms with van der Waals surface area (Å²) in [5.41, 5.74) is 1.36. The minimum atomic E-state index is 0.476. The lowest BCUT2D eigenvalue weighted by Gasteiger charge is -2.20. The maximum Gasteiger partial charge on any atom is 0.0698 e. The van der Waals surface area contributed by atoms with Crippen LogP contribution in [0.15, 0.2) is 10.7 Å². The number of fused-ring (bicyclic) bond motifs is 1. The lowest BCUT2D eigenvalue weighted by molar-refractivity contribution is 0.408. The second-order valence-electron chi connectivity index (χ2n) is 5.70. The minimum Gasteiger partial charge on any atom is -0.311 e. The normalized spacial score (nSPS) is 31.4. The first-order valence-corrected chi connectivity index (χ1v) is 7.95. The van der Waals surface area contributed by atoms with Crippen molar-refractivity contribution in [1.82, 2.24) is 15.1 Å². The zero-order chi connectivity index (χ0) is 12.7. The van der Waals surface area contributed by atoms with Crippen molar-refractivity contribution in [1.29, 1.82) is 0 Å². The van der Waals surface area contributed by atoms with Gasteiger partial charge in [-0.2, -0.15) is 5.10 Å². The molecule has 1 aromatic heterocycles. The minimum absolute atomic E-state index is 0.476. The maximum absolute atomic E-state index is 4.51. The summed E-state index contributed by atoms with van der Waals surface area (Å²) in [6, 6.07) is 0.476. The van der Waals surface area contributed by atoms with Gasteiger partial charge < -0.3 is 5.32 Å². The van der Waals surface area contributed by atoms with Gasteiger partial charge in [-0.25, -0.2) is 0 Å². The zero-order valence-electron chi connectivity index (χ0n) is 11.2. The lowest BCUT2D eigenvalue weighted by Crippen LogP contribution is -2.24. The largest absolute Gasteiger partial charge is 0.311 e. The summed E-state index contributed by atoms with van der Waals surface area (Å²) in [6.07, 6.45) is 7.40. The quantitative estimate of drug-likeness (QED) is 0.903. The second kappa shape index (κ2) is 4.97. The molecular formula is C14H22BrN3. The fraction of sp³-hybridized carbons (Fsp3) is 0.786. The molecule has 0 radical (unpaired) electrons. The molecule has 2 aliphatic carbocycles. The molecule has 18 heavy (non-hydrogen) atoms. The molecule has 100 valence electrons. The number of hydrogen-bond donors (Lipinski definition) is 1. The number of halogens is 1. The number of nitrogens with one attached hydrogen (secondary N) is 1. The Kier molecular flexibility index (Phi) is 3.50. The maximum atomic E-state index is 4.51. The highest BCUT2D eigenvalue weighted by atomic mass is 79.9. The molecule has 3 unspecified atom stereocenters. The third-order valence-corrected chi connectivity index (χ3v) is 5.34. The van der Waals surface area contributed by atoms with Crippen molar-refractivity contribution in [2.75, 3.05) is 7.05 Å². The smallest absolute Gasteiger partial charge is 0.0698 e. The van der Waals surface area contributed by atoms with Crippen molar-refractivity contribution < 1.29 is 0 Å². The molecule has 0 bridgehead atoms. The number of aryl methyl sites for hydroxylation is 1. The molecular weight excluding hydrogens is 290 g/mol. The van der Waals surface area contributed by atoms with E-state index >= 15 is 0 Å². The topological polar surface area (TPSA) is 29.9 Å². The first-order chi connectivity index (χ1) is 8.77. The third kappa shape index (κ3) is 1.94. The van der Waals surface area contributed by atoms with E-state index in [-0.39, 0.29) is 0 Å². The molecule has 0 aromatic carbocycles. The summed E-state index contributed by atoms with van der Waals surface area (Å²) < 4.78 is 3.35. The molecule has 4 heteroatoms. The molecule has 0 amide bonds. The number of aromatic nitrogens is 2. The van der Waals surface area contributed by atoms with Crippen LogP contribution in [0.4, 0.5) is 0 Å². The van der Waals surface area contributed by atoms with Crippen LogP contribution in [0, 0.1) is 17.8 Å². The van der Waals surface area contributed by atoms with Crippen molar-refractivity contribution in [2.24, 2.45) is 17.8 Å². The van der Waals surface area contributed by atoms with E-state index in [1.54, 1.807) is 0 Å². The zero-order valence-corrected chi connectivity index (χ0v) is 12.8. The lowest BCUT2D eigenvalue weighted by atomic mass is 10.0. The van der Waals surface area contributed by atoms with E-state index in [9.17, 15) is 0 Å². The molecule has 1 heterocycles. The van der Waals surface area contributed by atoms with Gasteiger partial charge in [-0.05, 0) is 60.0 Å². The second-order valence-corrected chi connectivity index (χ2v) is 6.56. The van der Waals surface area contributed by atoms with Gasteiger partial charge in [0.05, 0.1) is 22.4 Å². The first kappa shape index (κ1) is 12.7. The summed E-state index contributed by atoms with van der Waals surface area (Å²) in [7, 11) is 2.09. The molecule has 0 aliphatic heterocycles. The van der Waals surface area contributed by atoms with Crippen molar-refractivity contribution in [3.05, 3.63) is 16.4 Å². The van der Waals surface area contributed by atoms with Gasteiger partial charge in [-0.1, -0.05) is 13.3 Å². The molecule has 3 atom stereocenters. The molecule has 2 fully saturated rings. The average molecular weight is 312 g/mol. The van der Waals surface area contributed by atoms with Crippen LogP contribution in [-0.4, -0.2) is 16.8 Å². The molecule has 3 nitrogen and oxygen atoms in total. The van der Waals surface area contributed by atoms with Gasteiger partial charge >= 0.3 is 0 Å². The highest BCUT2D eigenvalue weighted by Gasteiger charge is 2.56. The number of rotatable bonds is 5. The van der Waals surface area contributed by atoms with Gasteiger partial charge in [0, 0.05) is 6.54 Å². The Morgan fingerprint density at radius 2 is 2.22 bits per heavy atom. The standard InChI is InChI=1S/C14H22BrN3/c1-3-7-18-14(11(15)8-17-18)13(16-2)12-9-5-4-6-10(9)12/h8-10,12-13,16H,3-7H2,1-2H3. The van der Waals surface area contributed by atoms with E-state index in [1.165, 1.54) is 29.4 Å². The Bertz CT molecular complexity index is 419. The van der Waals surface area contributed by atoms with E-state index < -0.39 is 0 Å². The van der Waals surface area contributed by atoms with Crippen molar-refractivity contribution in [3.8, 4) is 0 Å². The van der Waals surface area contributed by atoms with Gasteiger partial charge in [0.2, 0.25) is 0 Å². The summed E-state index contributed by atoms with van der Waals surface area (Å²) in [5.74, 6) is 2.78. The van der Waals surface area contributed by atoms with Crippen LogP contribution in [0.5, 0.6) is 0 Å². The Morgan fingerprint density at radius 3 is 2.83 bits per heavy atom. The van der Waals surface area contributed by atoms with Gasteiger partial charge in [0.25, 0.3) is 0 Å². The van der Waals surface area contributed by atoms with Crippen LogP contribution < -0.4 is 5.32 Å². The summed E-state index contributed by atoms with van der Waals surface area (Å²) >= 11 is 3.68. The van der Waals surface area contributed by atoms with E-state index in [0.717, 1.165) is 30.7 Å². The number of hydrogen-bond acceptors (Lipinski definition) is 2. The summed E-state index contributed by atoms with van der Waals surface area (Å²) in [6.45, 7) is 3.22. The molecule has 1 N–H and O–H groups in total. The van der Waals surface area contributed by atoms with Crippen LogP contribution in [0.1, 0.15) is 44.3 Å². The Balaban J connectivity index is 1.85. The predicted octanol–water partition coefficient (Wildman–Crippen LogP) is 3.36. The first-order valence-electron chi connectivity index (χ1n) is 7.16. The Hall–Kier alpha value is -0.350. The van der Waals surface area contributed by atoms with Crippen LogP contribution in [-0.2, 0) is 6.54 Å². The van der Waals surface area contributed by atoms with Gasteiger partial charge in [-0.3, -0.25) is 4.68 Å². The van der Waals surface area contributed by atoms with E-state index in [1.807, 2.05) is 6.20 Å². The van der Waals surface area contributed by atoms with Gasteiger partial charge in [0.15, 0.2) is 0 Å². The van der Waals surface area contributed by atoms with Crippen LogP contribution in [0.25, 0.3) is 0 Å². The van der Waals surface area contributed by atoms with Crippen LogP contribution >= 0.6 is 15.9 Å². The Morgan fingerprint density at radius 1 is 1.50 bits per heavy atom. The van der Waals surface area contributed by atoms with E-state index in [4.69, 9.17) is 0 Å². The van der Waals surface area contributed by atoms with Gasteiger partial charge in [-0.15, -0.1) is 0 Å². The third-order valence-electron chi connectivity index (χ3n) is 4.73. The Labute approximate surface area is 117 Å². The summed E-state index contributed by atoms with van der Waals surface area (Å²) in [4.78, 5) is 0. The molecule has 0 saturated heterocycles. The predicted molar refractivity (Wildman–Crippen MR) is 76.3 cm³/mol. The summed E-state index contributed by atoms with van der Waals surface area (Å²) in [5, 5.41) is 8.05. The van der Waals surface area contributed by atoms with Crippen molar-refractivity contribution >= 4 is 15.9 Å². The molecule has 3 rings (SSSR count). The van der Waals surface area contributed by atoms with E-state index in [2.05, 4.69) is 45.0 Å². The van der Waals surface area contributed by atoms with Crippen molar-refractivity contribution in [2.45, 2.75) is 45.2 Å². The molecule has 0 spiro atoms. The SMILES string of the molecule is CCCn1ncc(Br)c1C(NC)C1C2CCCC21. The molecule has 1 aromatic rings. The van der Waals surface area contributed by atoms with Crippen LogP contribution in [0.2, 0.25) is 0 Å². The van der Waals surface area contributed by atoms with Crippen molar-refractivity contribution in [3.63, 3.8) is 0 Å². The fourth-order valence-electron chi connectivity index (χ4n) is 3.95. The highest BCUT2D eigenvalue weighted by Crippen LogP contribution is 2.62. The number of nitrogens with zero attached hydrogens (tertiary/aromatic N) is 2. The fourth-order valence-corrected chi connectivity index (χ4v) is 4.50. The molecule has 2 aliphatic rings. The monoisotopic (exact) mass is 311 g/mol. The average Bonchev–Trinajstić information content (AvgIpc) is 2.74. The highest BCUT2D eigenvalue weighted by molar-refractivity contribution is 9.10. The van der Waals surface area contributed by atoms with Gasteiger partial charge in [0.1, 0.15) is 0 Å². The van der Waals surface area contributed by atoms with E-state index in [0.29, 0.717) is 6.04 Å². The van der Waals surface area contributed by atoms with Crippen LogP contribution in [0.3, 0.4) is 0 Å². The molecule has 2 saturated carbocycles.